The maximum atomic E-state index is 11.7. The smallest absolute Gasteiger partial charge is 0.407 e. The summed E-state index contributed by atoms with van der Waals surface area (Å²) in [5.41, 5.74) is 2.30. The molecule has 27 heavy (non-hydrogen) atoms. The van der Waals surface area contributed by atoms with Gasteiger partial charge in [0.05, 0.1) is 0 Å². The second-order valence-corrected chi connectivity index (χ2v) is 10.1. The molecule has 4 heteroatoms. The molecule has 4 nitrogen and oxygen atoms in total. The van der Waals surface area contributed by atoms with E-state index in [0.29, 0.717) is 18.7 Å². The molecule has 1 aromatic rings. The average molecular weight is 376 g/mol. The molecule has 0 saturated heterocycles. The number of aromatic hydroxyl groups is 1. The van der Waals surface area contributed by atoms with Crippen LogP contribution in [0.3, 0.4) is 0 Å². The van der Waals surface area contributed by atoms with Crippen LogP contribution in [0.4, 0.5) is 4.79 Å². The van der Waals surface area contributed by atoms with Crippen LogP contribution in [0.2, 0.25) is 0 Å². The first-order chi connectivity index (χ1) is 12.1. The van der Waals surface area contributed by atoms with E-state index in [1.54, 1.807) is 0 Å². The summed E-state index contributed by atoms with van der Waals surface area (Å²) in [4.78, 5) is 11.7. The molecule has 1 aromatic carbocycles. The number of phenols is 1. The number of benzene rings is 1. The molecule has 1 rings (SSSR count). The Labute approximate surface area is 165 Å². The lowest BCUT2D eigenvalue weighted by atomic mass is 9.79. The largest absolute Gasteiger partial charge is 0.507 e. The van der Waals surface area contributed by atoms with Crippen molar-refractivity contribution in [1.29, 1.82) is 0 Å². The van der Waals surface area contributed by atoms with Crippen LogP contribution in [0, 0.1) is 0 Å². The first-order valence-corrected chi connectivity index (χ1v) is 9.62. The molecular formula is C23H37NO3. The van der Waals surface area contributed by atoms with Crippen LogP contribution in [0.1, 0.15) is 85.4 Å². The molecule has 2 N–H and O–H groups in total. The summed E-state index contributed by atoms with van der Waals surface area (Å²) in [5.74, 6) is 0.326. The van der Waals surface area contributed by atoms with E-state index in [2.05, 4.69) is 52.9 Å². The third kappa shape index (κ3) is 7.66. The molecule has 0 aromatic heterocycles. The highest BCUT2D eigenvalue weighted by atomic mass is 16.6. The van der Waals surface area contributed by atoms with Crippen LogP contribution >= 0.6 is 0 Å². The summed E-state index contributed by atoms with van der Waals surface area (Å²) in [6.07, 6.45) is 4.13. The fourth-order valence-corrected chi connectivity index (χ4v) is 2.57. The maximum Gasteiger partial charge on any atom is 0.407 e. The van der Waals surface area contributed by atoms with E-state index in [4.69, 9.17) is 4.74 Å². The number of carbonyl (C=O) groups is 1. The Morgan fingerprint density at radius 3 is 2.11 bits per heavy atom. The van der Waals surface area contributed by atoms with Crippen molar-refractivity contribution in [2.75, 3.05) is 6.54 Å². The van der Waals surface area contributed by atoms with Gasteiger partial charge in [0, 0.05) is 17.7 Å². The molecule has 0 atom stereocenters. The molecule has 0 aliphatic rings. The predicted octanol–water partition coefficient (Wildman–Crippen LogP) is 5.92. The van der Waals surface area contributed by atoms with Crippen molar-refractivity contribution in [1.82, 2.24) is 5.32 Å². The van der Waals surface area contributed by atoms with Crippen molar-refractivity contribution in [3.63, 3.8) is 0 Å². The van der Waals surface area contributed by atoms with Crippen LogP contribution in [0.15, 0.2) is 18.2 Å². The second kappa shape index (κ2) is 8.37. The molecule has 0 fully saturated rings. The third-order valence-corrected chi connectivity index (χ3v) is 4.09. The number of rotatable bonds is 4. The monoisotopic (exact) mass is 375 g/mol. The highest BCUT2D eigenvalue weighted by Gasteiger charge is 2.24. The van der Waals surface area contributed by atoms with E-state index in [0.717, 1.165) is 11.1 Å². The molecule has 0 bridgehead atoms. The fraction of sp³-hybridized carbons (Fsp3) is 0.609. The minimum Gasteiger partial charge on any atom is -0.507 e. The van der Waals surface area contributed by atoms with E-state index >= 15 is 0 Å². The molecule has 1 amide bonds. The van der Waals surface area contributed by atoms with Gasteiger partial charge in [-0.05, 0) is 49.7 Å². The van der Waals surface area contributed by atoms with Crippen LogP contribution in [-0.4, -0.2) is 23.3 Å². The number of ether oxygens (including phenoxy) is 1. The van der Waals surface area contributed by atoms with Gasteiger partial charge >= 0.3 is 6.09 Å². The zero-order valence-electron chi connectivity index (χ0n) is 18.5. The lowest BCUT2D eigenvalue weighted by Gasteiger charge is -2.27. The molecule has 0 aliphatic carbocycles. The van der Waals surface area contributed by atoms with Gasteiger partial charge in [0.1, 0.15) is 11.4 Å². The molecule has 152 valence electrons. The molecule has 0 heterocycles. The van der Waals surface area contributed by atoms with Crippen molar-refractivity contribution in [3.8, 4) is 5.75 Å². The van der Waals surface area contributed by atoms with Gasteiger partial charge in [-0.3, -0.25) is 0 Å². The van der Waals surface area contributed by atoms with E-state index in [-0.39, 0.29) is 10.8 Å². The minimum atomic E-state index is -0.498. The number of carbonyl (C=O) groups excluding carboxylic acids is 1. The van der Waals surface area contributed by atoms with Crippen LogP contribution in [0.25, 0.3) is 6.08 Å². The first kappa shape index (κ1) is 23.1. The van der Waals surface area contributed by atoms with Gasteiger partial charge in [-0.15, -0.1) is 0 Å². The van der Waals surface area contributed by atoms with Gasteiger partial charge in [-0.2, -0.15) is 0 Å². The van der Waals surface area contributed by atoms with Crippen molar-refractivity contribution in [3.05, 3.63) is 34.9 Å². The Morgan fingerprint density at radius 1 is 1.04 bits per heavy atom. The molecular weight excluding hydrogens is 338 g/mol. The molecule has 0 spiro atoms. The highest BCUT2D eigenvalue weighted by Crippen LogP contribution is 2.38. The number of phenolic OH excluding ortho intramolecular Hbond substituents is 1. The first-order valence-electron chi connectivity index (χ1n) is 9.62. The number of alkyl carbamates (subject to hydrolysis) is 1. The van der Waals surface area contributed by atoms with Gasteiger partial charge < -0.3 is 15.2 Å². The topological polar surface area (TPSA) is 58.6 Å². The van der Waals surface area contributed by atoms with Crippen molar-refractivity contribution in [2.24, 2.45) is 0 Å². The van der Waals surface area contributed by atoms with E-state index in [1.165, 1.54) is 5.56 Å². The number of hydrogen-bond acceptors (Lipinski definition) is 3. The zero-order chi connectivity index (χ0) is 21.0. The van der Waals surface area contributed by atoms with E-state index in [1.807, 2.05) is 39.0 Å². The Hall–Kier alpha value is -1.97. The Balaban J connectivity index is 2.90. The Bertz CT molecular complexity index is 683. The standard InChI is InChI=1S/C23H37NO3/c1-21(2,3)17-14-16(19(25)18(15-17)22(4,5)6)12-10-11-13-24-20(26)27-23(7,8)9/h10,12,14-15,25H,11,13H2,1-9H3,(H,24,26). The quantitative estimate of drug-likeness (QED) is 0.643. The lowest BCUT2D eigenvalue weighted by molar-refractivity contribution is 0.0529. The summed E-state index contributed by atoms with van der Waals surface area (Å²) < 4.78 is 5.21. The van der Waals surface area contributed by atoms with Gasteiger partial charge in [-0.25, -0.2) is 4.79 Å². The second-order valence-electron chi connectivity index (χ2n) is 10.1. The fourth-order valence-electron chi connectivity index (χ4n) is 2.57. The van der Waals surface area contributed by atoms with Crippen LogP contribution in [-0.2, 0) is 15.6 Å². The van der Waals surface area contributed by atoms with Crippen molar-refractivity contribution >= 4 is 12.2 Å². The van der Waals surface area contributed by atoms with Crippen LogP contribution in [0.5, 0.6) is 5.75 Å². The number of amides is 1. The van der Waals surface area contributed by atoms with Crippen molar-refractivity contribution in [2.45, 2.75) is 85.2 Å². The third-order valence-electron chi connectivity index (χ3n) is 4.09. The minimum absolute atomic E-state index is 0.00540. The van der Waals surface area contributed by atoms with E-state index < -0.39 is 11.7 Å². The zero-order valence-corrected chi connectivity index (χ0v) is 18.5. The van der Waals surface area contributed by atoms with Crippen molar-refractivity contribution < 1.29 is 14.6 Å². The Morgan fingerprint density at radius 2 is 1.63 bits per heavy atom. The Kier molecular flexibility index (Phi) is 7.15. The van der Waals surface area contributed by atoms with Gasteiger partial charge in [0.15, 0.2) is 0 Å². The number of nitrogens with one attached hydrogen (secondary N) is 1. The van der Waals surface area contributed by atoms with E-state index in [9.17, 15) is 9.90 Å². The van der Waals surface area contributed by atoms with Gasteiger partial charge in [0.25, 0.3) is 0 Å². The van der Waals surface area contributed by atoms with Gasteiger partial charge in [0.2, 0.25) is 0 Å². The maximum absolute atomic E-state index is 11.7. The summed E-state index contributed by atoms with van der Waals surface area (Å²) in [5, 5.41) is 13.5. The lowest BCUT2D eigenvalue weighted by Crippen LogP contribution is -2.32. The molecule has 0 saturated carbocycles. The molecule has 0 unspecified atom stereocenters. The summed E-state index contributed by atoms with van der Waals surface area (Å²) >= 11 is 0. The molecule has 0 aliphatic heterocycles. The normalized spacial score (nSPS) is 13.1. The summed E-state index contributed by atoms with van der Waals surface area (Å²) in [6, 6.07) is 4.15. The molecule has 0 radical (unpaired) electrons. The average Bonchev–Trinajstić information content (AvgIpc) is 2.44. The SMILES string of the molecule is CC(C)(C)OC(=O)NCCC=Cc1cc(C(C)(C)C)cc(C(C)(C)C)c1O. The highest BCUT2D eigenvalue weighted by molar-refractivity contribution is 5.67. The van der Waals surface area contributed by atoms with Crippen LogP contribution < -0.4 is 5.32 Å². The number of hydrogen-bond donors (Lipinski definition) is 2. The predicted molar refractivity (Wildman–Crippen MR) is 113 cm³/mol. The van der Waals surface area contributed by atoms with Gasteiger partial charge in [-0.1, -0.05) is 59.8 Å². The summed E-state index contributed by atoms with van der Waals surface area (Å²) in [6.45, 7) is 18.8. The summed E-state index contributed by atoms with van der Waals surface area (Å²) in [7, 11) is 0.